The molecule has 0 aliphatic rings. The Kier molecular flexibility index (Phi) is 7.12. The molecule has 0 bridgehead atoms. The molecule has 1 aromatic heterocycles. The summed E-state index contributed by atoms with van der Waals surface area (Å²) in [4.78, 5) is 13.0. The van der Waals surface area contributed by atoms with Crippen molar-refractivity contribution >= 4 is 11.6 Å². The standard InChI is InChI=1S/C24H29N3O3/c1-5-14-29-21-13-12-19(16-22(21)30-15-6-2)24(28)25-23-17(3)26-27(18(23)4)20-10-8-7-9-11-20/h7-13,16H,5-6,14-15H2,1-4H3,(H,25,28). The van der Waals surface area contributed by atoms with Crippen LogP contribution in [0.2, 0.25) is 0 Å². The van der Waals surface area contributed by atoms with Gasteiger partial charge in [0.1, 0.15) is 0 Å². The van der Waals surface area contributed by atoms with Gasteiger partial charge in [-0.2, -0.15) is 5.10 Å². The van der Waals surface area contributed by atoms with Crippen LogP contribution in [0.5, 0.6) is 11.5 Å². The highest BCUT2D eigenvalue weighted by molar-refractivity contribution is 6.05. The van der Waals surface area contributed by atoms with Crippen LogP contribution in [-0.4, -0.2) is 28.9 Å². The number of amides is 1. The molecule has 1 N–H and O–H groups in total. The predicted molar refractivity (Wildman–Crippen MR) is 119 cm³/mol. The van der Waals surface area contributed by atoms with Crippen molar-refractivity contribution < 1.29 is 14.3 Å². The number of anilines is 1. The van der Waals surface area contributed by atoms with E-state index in [9.17, 15) is 4.79 Å². The molecule has 2 aromatic carbocycles. The molecule has 3 rings (SSSR count). The summed E-state index contributed by atoms with van der Waals surface area (Å²) < 4.78 is 13.4. The van der Waals surface area contributed by atoms with E-state index in [1.54, 1.807) is 18.2 Å². The molecule has 1 amide bonds. The minimum atomic E-state index is -0.211. The zero-order valence-corrected chi connectivity index (χ0v) is 18.1. The second-order valence-electron chi connectivity index (χ2n) is 7.11. The van der Waals surface area contributed by atoms with Gasteiger partial charge in [0.25, 0.3) is 5.91 Å². The summed E-state index contributed by atoms with van der Waals surface area (Å²) in [6.45, 7) is 9.09. The van der Waals surface area contributed by atoms with Gasteiger partial charge < -0.3 is 14.8 Å². The van der Waals surface area contributed by atoms with Crippen LogP contribution in [0.4, 0.5) is 5.69 Å². The van der Waals surface area contributed by atoms with E-state index < -0.39 is 0 Å². The number of aromatic nitrogens is 2. The molecule has 1 heterocycles. The number of nitrogens with one attached hydrogen (secondary N) is 1. The average molecular weight is 408 g/mol. The second-order valence-corrected chi connectivity index (χ2v) is 7.11. The van der Waals surface area contributed by atoms with Crippen molar-refractivity contribution in [1.82, 2.24) is 9.78 Å². The van der Waals surface area contributed by atoms with Gasteiger partial charge in [-0.1, -0.05) is 32.0 Å². The Morgan fingerprint density at radius 1 is 0.967 bits per heavy atom. The molecule has 6 nitrogen and oxygen atoms in total. The van der Waals surface area contributed by atoms with Gasteiger partial charge in [0.05, 0.1) is 36.0 Å². The van der Waals surface area contributed by atoms with Crippen LogP contribution in [0, 0.1) is 13.8 Å². The molecule has 0 radical (unpaired) electrons. The molecule has 0 aliphatic carbocycles. The number of rotatable bonds is 9. The minimum absolute atomic E-state index is 0.211. The van der Waals surface area contributed by atoms with E-state index in [-0.39, 0.29) is 5.91 Å². The van der Waals surface area contributed by atoms with Crippen LogP contribution < -0.4 is 14.8 Å². The van der Waals surface area contributed by atoms with Crippen molar-refractivity contribution in [2.75, 3.05) is 18.5 Å². The summed E-state index contributed by atoms with van der Waals surface area (Å²) >= 11 is 0. The third kappa shape index (κ3) is 4.82. The smallest absolute Gasteiger partial charge is 0.255 e. The Balaban J connectivity index is 1.84. The molecular weight excluding hydrogens is 378 g/mol. The van der Waals surface area contributed by atoms with Gasteiger partial charge in [0, 0.05) is 5.56 Å². The first-order valence-corrected chi connectivity index (χ1v) is 10.4. The Bertz CT molecular complexity index is 996. The van der Waals surface area contributed by atoms with E-state index in [0.717, 1.165) is 29.9 Å². The van der Waals surface area contributed by atoms with Gasteiger partial charge in [-0.25, -0.2) is 4.68 Å². The van der Waals surface area contributed by atoms with E-state index in [2.05, 4.69) is 17.3 Å². The molecule has 6 heteroatoms. The fourth-order valence-electron chi connectivity index (χ4n) is 3.14. The Hall–Kier alpha value is -3.28. The summed E-state index contributed by atoms with van der Waals surface area (Å²) in [7, 11) is 0. The Morgan fingerprint density at radius 3 is 2.30 bits per heavy atom. The highest BCUT2D eigenvalue weighted by atomic mass is 16.5. The van der Waals surface area contributed by atoms with Crippen LogP contribution in [0.3, 0.4) is 0 Å². The molecule has 0 saturated heterocycles. The van der Waals surface area contributed by atoms with Crippen LogP contribution in [0.15, 0.2) is 48.5 Å². The molecule has 0 aliphatic heterocycles. The number of aryl methyl sites for hydroxylation is 1. The van der Waals surface area contributed by atoms with E-state index in [0.29, 0.717) is 36.0 Å². The SMILES string of the molecule is CCCOc1ccc(C(=O)Nc2c(C)nn(-c3ccccc3)c2C)cc1OCCC. The fraction of sp³-hybridized carbons (Fsp3) is 0.333. The van der Waals surface area contributed by atoms with Crippen LogP contribution in [-0.2, 0) is 0 Å². The fourth-order valence-corrected chi connectivity index (χ4v) is 3.14. The van der Waals surface area contributed by atoms with Gasteiger partial charge in [0.2, 0.25) is 0 Å². The Morgan fingerprint density at radius 2 is 1.63 bits per heavy atom. The van der Waals surface area contributed by atoms with Gasteiger partial charge in [0.15, 0.2) is 11.5 Å². The van der Waals surface area contributed by atoms with E-state index in [4.69, 9.17) is 9.47 Å². The van der Waals surface area contributed by atoms with Crippen molar-refractivity contribution in [2.45, 2.75) is 40.5 Å². The summed E-state index contributed by atoms with van der Waals surface area (Å²) in [6.07, 6.45) is 1.78. The maximum atomic E-state index is 13.0. The zero-order chi connectivity index (χ0) is 21.5. The minimum Gasteiger partial charge on any atom is -0.490 e. The first-order chi connectivity index (χ1) is 14.5. The largest absolute Gasteiger partial charge is 0.490 e. The van der Waals surface area contributed by atoms with Gasteiger partial charge in [-0.3, -0.25) is 4.79 Å². The van der Waals surface area contributed by atoms with E-state index in [1.807, 2.05) is 55.8 Å². The molecule has 0 fully saturated rings. The summed E-state index contributed by atoms with van der Waals surface area (Å²) in [6, 6.07) is 15.1. The lowest BCUT2D eigenvalue weighted by Gasteiger charge is -2.14. The van der Waals surface area contributed by atoms with Crippen molar-refractivity contribution in [3.05, 3.63) is 65.5 Å². The topological polar surface area (TPSA) is 65.4 Å². The maximum absolute atomic E-state index is 13.0. The molecule has 0 spiro atoms. The van der Waals surface area contributed by atoms with E-state index in [1.165, 1.54) is 0 Å². The number of hydrogen-bond acceptors (Lipinski definition) is 4. The van der Waals surface area contributed by atoms with Crippen LogP contribution in [0.25, 0.3) is 5.69 Å². The van der Waals surface area contributed by atoms with Crippen LogP contribution in [0.1, 0.15) is 48.4 Å². The number of carbonyl (C=O) groups excluding carboxylic acids is 1. The number of hydrogen-bond donors (Lipinski definition) is 1. The summed E-state index contributed by atoms with van der Waals surface area (Å²) in [5.74, 6) is 1.04. The van der Waals surface area contributed by atoms with E-state index >= 15 is 0 Å². The molecule has 0 saturated carbocycles. The average Bonchev–Trinajstić information content (AvgIpc) is 3.05. The number of nitrogens with zero attached hydrogens (tertiary/aromatic N) is 2. The van der Waals surface area contributed by atoms with Crippen LogP contribution >= 0.6 is 0 Å². The van der Waals surface area contributed by atoms with Crippen molar-refractivity contribution in [1.29, 1.82) is 0 Å². The lowest BCUT2D eigenvalue weighted by atomic mass is 10.1. The van der Waals surface area contributed by atoms with Gasteiger partial charge >= 0.3 is 0 Å². The molecule has 158 valence electrons. The quantitative estimate of drug-likeness (QED) is 0.521. The molecular formula is C24H29N3O3. The molecule has 30 heavy (non-hydrogen) atoms. The Labute approximate surface area is 177 Å². The number of benzene rings is 2. The number of carbonyl (C=O) groups is 1. The third-order valence-corrected chi connectivity index (χ3v) is 4.66. The van der Waals surface area contributed by atoms with Crippen molar-refractivity contribution in [3.8, 4) is 17.2 Å². The third-order valence-electron chi connectivity index (χ3n) is 4.66. The predicted octanol–water partition coefficient (Wildman–Crippen LogP) is 5.32. The molecule has 0 unspecified atom stereocenters. The normalized spacial score (nSPS) is 10.7. The zero-order valence-electron chi connectivity index (χ0n) is 18.1. The lowest BCUT2D eigenvalue weighted by molar-refractivity contribution is 0.102. The first-order valence-electron chi connectivity index (χ1n) is 10.4. The van der Waals surface area contributed by atoms with Crippen molar-refractivity contribution in [3.63, 3.8) is 0 Å². The summed E-state index contributed by atoms with van der Waals surface area (Å²) in [5.41, 5.74) is 3.81. The monoisotopic (exact) mass is 407 g/mol. The first kappa shape index (κ1) is 21.4. The molecule has 3 aromatic rings. The van der Waals surface area contributed by atoms with Gasteiger partial charge in [-0.15, -0.1) is 0 Å². The highest BCUT2D eigenvalue weighted by Gasteiger charge is 2.17. The highest BCUT2D eigenvalue weighted by Crippen LogP contribution is 2.30. The van der Waals surface area contributed by atoms with Gasteiger partial charge in [-0.05, 0) is 57.0 Å². The molecule has 0 atom stereocenters. The second kappa shape index (κ2) is 9.96. The van der Waals surface area contributed by atoms with Crippen molar-refractivity contribution in [2.24, 2.45) is 0 Å². The lowest BCUT2D eigenvalue weighted by Crippen LogP contribution is -2.14. The number of ether oxygens (including phenoxy) is 2. The number of para-hydroxylation sites is 1. The summed E-state index contributed by atoms with van der Waals surface area (Å²) in [5, 5.41) is 7.60. The maximum Gasteiger partial charge on any atom is 0.255 e.